The summed E-state index contributed by atoms with van der Waals surface area (Å²) in [5.41, 5.74) is 0. The van der Waals surface area contributed by atoms with E-state index >= 15 is 0 Å². The van der Waals surface area contributed by atoms with E-state index in [9.17, 15) is 0 Å². The van der Waals surface area contributed by atoms with Crippen LogP contribution in [0.5, 0.6) is 0 Å². The first kappa shape index (κ1) is 8.72. The molecule has 0 saturated carbocycles. The molecule has 0 amide bonds. The lowest BCUT2D eigenvalue weighted by atomic mass is 10.0. The van der Waals surface area contributed by atoms with Crippen molar-refractivity contribution in [2.45, 2.75) is 6.54 Å². The summed E-state index contributed by atoms with van der Waals surface area (Å²) in [6.45, 7) is 4.49. The van der Waals surface area contributed by atoms with Crippen LogP contribution in [0.1, 0.15) is 0 Å². The Labute approximate surface area is 77.8 Å². The Morgan fingerprint density at radius 3 is 2.85 bits per heavy atom. The molecule has 1 aliphatic rings. The van der Waals surface area contributed by atoms with Gasteiger partial charge in [0.05, 0.1) is 6.33 Å². The molecule has 1 aliphatic heterocycles. The molecule has 2 rings (SSSR count). The Hall–Kier alpha value is -0.870. The molecule has 13 heavy (non-hydrogen) atoms. The zero-order valence-electron chi connectivity index (χ0n) is 7.63. The molecular formula is C9H15N3O. The number of imidazole rings is 1. The second kappa shape index (κ2) is 3.89. The molecule has 4 heteroatoms. The number of rotatable bonds is 4. The Bertz CT molecular complexity index is 241. The smallest absolute Gasteiger partial charge is 0.0946 e. The minimum Gasteiger partial charge on any atom is -0.396 e. The third-order valence-corrected chi connectivity index (χ3v) is 2.52. The standard InChI is InChI=1S/C9H15N3O/c13-7-9-5-12(6-9)4-3-11-2-1-10-8-11/h1-2,8-9,13H,3-7H2. The van der Waals surface area contributed by atoms with E-state index in [-0.39, 0.29) is 0 Å². The molecule has 72 valence electrons. The van der Waals surface area contributed by atoms with Gasteiger partial charge in [-0.1, -0.05) is 0 Å². The van der Waals surface area contributed by atoms with Crippen LogP contribution in [0.3, 0.4) is 0 Å². The Balaban J connectivity index is 1.65. The SMILES string of the molecule is OCC1CN(CCn2ccnc2)C1. The number of aliphatic hydroxyl groups is 1. The van der Waals surface area contributed by atoms with E-state index in [2.05, 4.69) is 14.5 Å². The highest BCUT2D eigenvalue weighted by Gasteiger charge is 2.24. The molecule has 0 aliphatic carbocycles. The van der Waals surface area contributed by atoms with E-state index in [0.29, 0.717) is 12.5 Å². The zero-order chi connectivity index (χ0) is 9.10. The largest absolute Gasteiger partial charge is 0.396 e. The highest BCUT2D eigenvalue weighted by molar-refractivity contribution is 4.80. The van der Waals surface area contributed by atoms with Gasteiger partial charge in [0, 0.05) is 51.1 Å². The van der Waals surface area contributed by atoms with Gasteiger partial charge in [-0.2, -0.15) is 0 Å². The summed E-state index contributed by atoms with van der Waals surface area (Å²) in [7, 11) is 0. The van der Waals surface area contributed by atoms with Crippen molar-refractivity contribution in [1.82, 2.24) is 14.5 Å². The molecule has 0 unspecified atom stereocenters. The molecule has 1 fully saturated rings. The minimum absolute atomic E-state index is 0.335. The highest BCUT2D eigenvalue weighted by atomic mass is 16.3. The number of aromatic nitrogens is 2. The molecule has 2 heterocycles. The first-order chi connectivity index (χ1) is 6.38. The summed E-state index contributed by atoms with van der Waals surface area (Å²) in [6, 6.07) is 0. The highest BCUT2D eigenvalue weighted by Crippen LogP contribution is 2.13. The van der Waals surface area contributed by atoms with E-state index in [4.69, 9.17) is 5.11 Å². The van der Waals surface area contributed by atoms with Crippen LogP contribution in [0.2, 0.25) is 0 Å². The molecule has 0 bridgehead atoms. The molecule has 1 saturated heterocycles. The van der Waals surface area contributed by atoms with Gasteiger partial charge in [0.1, 0.15) is 0 Å². The van der Waals surface area contributed by atoms with Gasteiger partial charge in [-0.3, -0.25) is 0 Å². The minimum atomic E-state index is 0.335. The van der Waals surface area contributed by atoms with Crippen molar-refractivity contribution in [2.75, 3.05) is 26.2 Å². The van der Waals surface area contributed by atoms with Crippen LogP contribution >= 0.6 is 0 Å². The molecule has 0 atom stereocenters. The molecule has 1 N–H and O–H groups in total. The average Bonchev–Trinajstić information content (AvgIpc) is 2.54. The number of hydrogen-bond acceptors (Lipinski definition) is 3. The van der Waals surface area contributed by atoms with E-state index in [1.807, 2.05) is 12.5 Å². The molecule has 0 aromatic carbocycles. The fourth-order valence-corrected chi connectivity index (χ4v) is 1.65. The molecule has 4 nitrogen and oxygen atoms in total. The molecule has 0 radical (unpaired) electrons. The lowest BCUT2D eigenvalue weighted by Gasteiger charge is -2.38. The topological polar surface area (TPSA) is 41.3 Å². The van der Waals surface area contributed by atoms with Gasteiger partial charge in [-0.05, 0) is 0 Å². The first-order valence-corrected chi connectivity index (χ1v) is 4.67. The van der Waals surface area contributed by atoms with E-state index in [1.54, 1.807) is 6.20 Å². The maximum absolute atomic E-state index is 8.81. The fraction of sp³-hybridized carbons (Fsp3) is 0.667. The predicted octanol–water partition coefficient (Wildman–Crippen LogP) is -0.193. The number of hydrogen-bond donors (Lipinski definition) is 1. The average molecular weight is 181 g/mol. The summed E-state index contributed by atoms with van der Waals surface area (Å²) in [5, 5.41) is 8.81. The van der Waals surface area contributed by atoms with Crippen molar-refractivity contribution in [3.63, 3.8) is 0 Å². The van der Waals surface area contributed by atoms with E-state index < -0.39 is 0 Å². The molecule has 1 aromatic rings. The number of aliphatic hydroxyl groups excluding tert-OH is 1. The maximum atomic E-state index is 8.81. The van der Waals surface area contributed by atoms with Gasteiger partial charge in [-0.15, -0.1) is 0 Å². The van der Waals surface area contributed by atoms with Crippen molar-refractivity contribution in [1.29, 1.82) is 0 Å². The van der Waals surface area contributed by atoms with Crippen LogP contribution in [0.15, 0.2) is 18.7 Å². The van der Waals surface area contributed by atoms with Gasteiger partial charge >= 0.3 is 0 Å². The second-order valence-electron chi connectivity index (χ2n) is 3.61. The summed E-state index contributed by atoms with van der Waals surface area (Å²) in [5.74, 6) is 0.516. The first-order valence-electron chi connectivity index (χ1n) is 4.67. The third-order valence-electron chi connectivity index (χ3n) is 2.52. The van der Waals surface area contributed by atoms with Gasteiger partial charge in [0.25, 0.3) is 0 Å². The van der Waals surface area contributed by atoms with E-state index in [0.717, 1.165) is 26.2 Å². The summed E-state index contributed by atoms with van der Waals surface area (Å²) in [6.07, 6.45) is 5.61. The van der Waals surface area contributed by atoms with Crippen molar-refractivity contribution in [2.24, 2.45) is 5.92 Å². The van der Waals surface area contributed by atoms with Gasteiger partial charge in [0.2, 0.25) is 0 Å². The number of likely N-dealkylation sites (tertiary alicyclic amines) is 1. The summed E-state index contributed by atoms with van der Waals surface area (Å²) < 4.78 is 2.08. The van der Waals surface area contributed by atoms with Gasteiger partial charge in [0.15, 0.2) is 0 Å². The van der Waals surface area contributed by atoms with Crippen LogP contribution in [0, 0.1) is 5.92 Å². The predicted molar refractivity (Wildman–Crippen MR) is 49.2 cm³/mol. The molecular weight excluding hydrogens is 166 g/mol. The zero-order valence-corrected chi connectivity index (χ0v) is 7.63. The van der Waals surface area contributed by atoms with Gasteiger partial charge < -0.3 is 14.6 Å². The van der Waals surface area contributed by atoms with Crippen LogP contribution in [0.4, 0.5) is 0 Å². The third kappa shape index (κ3) is 2.08. The van der Waals surface area contributed by atoms with Crippen molar-refractivity contribution in [3.8, 4) is 0 Å². The lowest BCUT2D eigenvalue weighted by molar-refractivity contribution is 0.0514. The fourth-order valence-electron chi connectivity index (χ4n) is 1.65. The van der Waals surface area contributed by atoms with Crippen molar-refractivity contribution < 1.29 is 5.11 Å². The van der Waals surface area contributed by atoms with Crippen LogP contribution < -0.4 is 0 Å². The Morgan fingerprint density at radius 1 is 1.38 bits per heavy atom. The van der Waals surface area contributed by atoms with E-state index in [1.165, 1.54) is 0 Å². The van der Waals surface area contributed by atoms with Crippen molar-refractivity contribution >= 4 is 0 Å². The maximum Gasteiger partial charge on any atom is 0.0946 e. The number of nitrogens with zero attached hydrogens (tertiary/aromatic N) is 3. The molecule has 1 aromatic heterocycles. The van der Waals surface area contributed by atoms with Gasteiger partial charge in [-0.25, -0.2) is 4.98 Å². The summed E-state index contributed by atoms with van der Waals surface area (Å²) >= 11 is 0. The normalized spacial score (nSPS) is 18.8. The lowest BCUT2D eigenvalue weighted by Crippen LogP contribution is -2.49. The summed E-state index contributed by atoms with van der Waals surface area (Å²) in [4.78, 5) is 6.33. The van der Waals surface area contributed by atoms with Crippen LogP contribution in [-0.2, 0) is 6.54 Å². The second-order valence-corrected chi connectivity index (χ2v) is 3.61. The quantitative estimate of drug-likeness (QED) is 0.700. The monoisotopic (exact) mass is 181 g/mol. The van der Waals surface area contributed by atoms with Crippen LogP contribution in [0.25, 0.3) is 0 Å². The Morgan fingerprint density at radius 2 is 2.23 bits per heavy atom. The van der Waals surface area contributed by atoms with Crippen molar-refractivity contribution in [3.05, 3.63) is 18.7 Å². The van der Waals surface area contributed by atoms with Crippen LogP contribution in [-0.4, -0.2) is 45.8 Å². The Kier molecular flexibility index (Phi) is 2.61. The molecule has 0 spiro atoms.